The van der Waals surface area contributed by atoms with Crippen molar-refractivity contribution in [2.24, 2.45) is 4.99 Å². The van der Waals surface area contributed by atoms with E-state index in [2.05, 4.69) is 25.3 Å². The van der Waals surface area contributed by atoms with Gasteiger partial charge in [-0.05, 0) is 32.4 Å². The largest absolute Gasteiger partial charge is 0.468 e. The molecule has 0 bridgehead atoms. The first-order valence-electron chi connectivity index (χ1n) is 6.72. The Morgan fingerprint density at radius 3 is 2.55 bits per heavy atom. The maximum absolute atomic E-state index is 12.1. The lowest BCUT2D eigenvalue weighted by atomic mass is 10.1. The number of rotatable bonds is 4. The molecule has 0 aliphatic carbocycles. The highest BCUT2D eigenvalue weighted by Crippen LogP contribution is 2.17. The van der Waals surface area contributed by atoms with Crippen molar-refractivity contribution in [1.29, 1.82) is 0 Å². The van der Waals surface area contributed by atoms with Gasteiger partial charge >= 0.3 is 6.18 Å². The maximum Gasteiger partial charge on any atom is 0.422 e. The second-order valence-electron chi connectivity index (χ2n) is 5.71. The van der Waals surface area contributed by atoms with Crippen molar-refractivity contribution in [3.8, 4) is 5.88 Å². The zero-order chi connectivity index (χ0) is 16.8. The zero-order valence-electron chi connectivity index (χ0n) is 13.1. The van der Waals surface area contributed by atoms with Crippen LogP contribution in [0.2, 0.25) is 0 Å². The van der Waals surface area contributed by atoms with Gasteiger partial charge in [-0.2, -0.15) is 13.2 Å². The highest BCUT2D eigenvalue weighted by molar-refractivity contribution is 5.80. The van der Waals surface area contributed by atoms with Gasteiger partial charge in [0.15, 0.2) is 12.6 Å². The summed E-state index contributed by atoms with van der Waals surface area (Å²) in [5.74, 6) is 0.539. The molecule has 0 aliphatic heterocycles. The van der Waals surface area contributed by atoms with Gasteiger partial charge in [0.25, 0.3) is 0 Å². The molecule has 0 aromatic carbocycles. The number of nitrogens with one attached hydrogen (secondary N) is 2. The van der Waals surface area contributed by atoms with Crippen molar-refractivity contribution in [3.63, 3.8) is 0 Å². The Hall–Kier alpha value is -1.99. The Balaban J connectivity index is 2.59. The Bertz CT molecular complexity index is 510. The molecular weight excluding hydrogens is 297 g/mol. The van der Waals surface area contributed by atoms with Crippen LogP contribution in [0.4, 0.5) is 13.2 Å². The summed E-state index contributed by atoms with van der Waals surface area (Å²) in [6, 6.07) is 3.15. The van der Waals surface area contributed by atoms with E-state index in [0.29, 0.717) is 12.5 Å². The van der Waals surface area contributed by atoms with Crippen LogP contribution in [0, 0.1) is 0 Å². The fourth-order valence-electron chi connectivity index (χ4n) is 1.52. The highest BCUT2D eigenvalue weighted by atomic mass is 19.4. The van der Waals surface area contributed by atoms with Crippen molar-refractivity contribution in [3.05, 3.63) is 23.9 Å². The van der Waals surface area contributed by atoms with E-state index < -0.39 is 12.8 Å². The van der Waals surface area contributed by atoms with Gasteiger partial charge in [0.05, 0.1) is 0 Å². The topological polar surface area (TPSA) is 58.5 Å². The van der Waals surface area contributed by atoms with Gasteiger partial charge < -0.3 is 15.4 Å². The number of ether oxygens (including phenoxy) is 1. The molecule has 0 radical (unpaired) electrons. The molecule has 0 atom stereocenters. The minimum Gasteiger partial charge on any atom is -0.468 e. The molecular formula is C14H21F3N4O. The van der Waals surface area contributed by atoms with Crippen molar-refractivity contribution < 1.29 is 17.9 Å². The lowest BCUT2D eigenvalue weighted by Crippen LogP contribution is -2.47. The molecule has 1 rings (SSSR count). The van der Waals surface area contributed by atoms with Crippen LogP contribution in [0.1, 0.15) is 26.3 Å². The third-order valence-corrected chi connectivity index (χ3v) is 2.36. The molecule has 0 saturated heterocycles. The lowest BCUT2D eigenvalue weighted by molar-refractivity contribution is -0.154. The Morgan fingerprint density at radius 1 is 1.32 bits per heavy atom. The minimum atomic E-state index is -4.38. The molecule has 1 aromatic heterocycles. The van der Waals surface area contributed by atoms with Crippen molar-refractivity contribution in [1.82, 2.24) is 15.6 Å². The fourth-order valence-corrected chi connectivity index (χ4v) is 1.52. The molecule has 2 N–H and O–H groups in total. The molecule has 0 spiro atoms. The highest BCUT2D eigenvalue weighted by Gasteiger charge is 2.28. The first kappa shape index (κ1) is 18.1. The quantitative estimate of drug-likeness (QED) is 0.661. The van der Waals surface area contributed by atoms with Crippen LogP contribution in [-0.2, 0) is 6.54 Å². The molecule has 22 heavy (non-hydrogen) atoms. The number of alkyl halides is 3. The second-order valence-corrected chi connectivity index (χ2v) is 5.71. The third-order valence-electron chi connectivity index (χ3n) is 2.36. The van der Waals surface area contributed by atoms with Crippen molar-refractivity contribution in [2.75, 3.05) is 13.7 Å². The van der Waals surface area contributed by atoms with Crippen LogP contribution in [0.25, 0.3) is 0 Å². The summed E-state index contributed by atoms with van der Waals surface area (Å²) in [6.45, 7) is 5.02. The fraction of sp³-hybridized carbons (Fsp3) is 0.571. The van der Waals surface area contributed by atoms with Gasteiger partial charge in [-0.3, -0.25) is 4.99 Å². The average molecular weight is 318 g/mol. The number of hydrogen-bond acceptors (Lipinski definition) is 3. The van der Waals surface area contributed by atoms with Gasteiger partial charge in [0.1, 0.15) is 0 Å². The number of hydrogen-bond donors (Lipinski definition) is 2. The summed E-state index contributed by atoms with van der Waals surface area (Å²) in [6.07, 6.45) is -2.97. The summed E-state index contributed by atoms with van der Waals surface area (Å²) >= 11 is 0. The predicted octanol–water partition coefficient (Wildman–Crippen LogP) is 2.49. The van der Waals surface area contributed by atoms with Crippen molar-refractivity contribution >= 4 is 5.96 Å². The monoisotopic (exact) mass is 318 g/mol. The first-order chi connectivity index (χ1) is 10.1. The number of pyridine rings is 1. The molecule has 5 nitrogen and oxygen atoms in total. The number of aromatic nitrogens is 1. The van der Waals surface area contributed by atoms with Gasteiger partial charge in [0.2, 0.25) is 5.88 Å². The van der Waals surface area contributed by atoms with Gasteiger partial charge in [0, 0.05) is 31.4 Å². The van der Waals surface area contributed by atoms with Gasteiger partial charge in [-0.15, -0.1) is 0 Å². The maximum atomic E-state index is 12.1. The lowest BCUT2D eigenvalue weighted by Gasteiger charge is -2.23. The molecule has 0 saturated carbocycles. The van der Waals surface area contributed by atoms with E-state index in [1.807, 2.05) is 20.8 Å². The van der Waals surface area contributed by atoms with E-state index >= 15 is 0 Å². The number of halogens is 3. The Kier molecular flexibility index (Phi) is 6.01. The Labute approximate surface area is 128 Å². The summed E-state index contributed by atoms with van der Waals surface area (Å²) in [5.41, 5.74) is 0.588. The van der Waals surface area contributed by atoms with E-state index in [4.69, 9.17) is 0 Å². The van der Waals surface area contributed by atoms with E-state index in [1.54, 1.807) is 13.1 Å². The first-order valence-corrected chi connectivity index (χ1v) is 6.72. The SMILES string of the molecule is CN=C(NCc1ccnc(OCC(F)(F)F)c1)NC(C)(C)C. The minimum absolute atomic E-state index is 0.0598. The van der Waals surface area contributed by atoms with Crippen LogP contribution >= 0.6 is 0 Å². The van der Waals surface area contributed by atoms with Gasteiger partial charge in [-0.25, -0.2) is 4.98 Å². The summed E-state index contributed by atoms with van der Waals surface area (Å²) in [7, 11) is 1.64. The predicted molar refractivity (Wildman–Crippen MR) is 78.9 cm³/mol. The molecule has 1 aromatic rings. The standard InChI is InChI=1S/C14H21F3N4O/c1-13(2,3)21-12(18-4)20-8-10-5-6-19-11(7-10)22-9-14(15,16)17/h5-7H,8-9H2,1-4H3,(H2,18,20,21). The number of nitrogens with zero attached hydrogens (tertiary/aromatic N) is 2. The summed E-state index contributed by atoms with van der Waals surface area (Å²) in [4.78, 5) is 7.83. The van der Waals surface area contributed by atoms with E-state index in [9.17, 15) is 13.2 Å². The molecule has 8 heteroatoms. The van der Waals surface area contributed by atoms with Crippen LogP contribution in [0.3, 0.4) is 0 Å². The molecule has 124 valence electrons. The van der Waals surface area contributed by atoms with Crippen LogP contribution in [0.5, 0.6) is 5.88 Å². The number of guanidine groups is 1. The molecule has 0 fully saturated rings. The normalized spacial score (nSPS) is 13.0. The average Bonchev–Trinajstić information content (AvgIpc) is 2.40. The van der Waals surface area contributed by atoms with E-state index in [-0.39, 0.29) is 11.4 Å². The summed E-state index contributed by atoms with van der Waals surface area (Å²) < 4.78 is 40.9. The van der Waals surface area contributed by atoms with Crippen LogP contribution < -0.4 is 15.4 Å². The molecule has 0 aliphatic rings. The van der Waals surface area contributed by atoms with Crippen LogP contribution in [-0.4, -0.2) is 36.3 Å². The molecule has 0 amide bonds. The third kappa shape index (κ3) is 7.70. The van der Waals surface area contributed by atoms with Gasteiger partial charge in [-0.1, -0.05) is 0 Å². The number of aliphatic imine (C=N–C) groups is 1. The zero-order valence-corrected chi connectivity index (χ0v) is 13.1. The van der Waals surface area contributed by atoms with E-state index in [0.717, 1.165) is 5.56 Å². The molecule has 1 heterocycles. The second kappa shape index (κ2) is 7.33. The molecule has 0 unspecified atom stereocenters. The van der Waals surface area contributed by atoms with Crippen molar-refractivity contribution in [2.45, 2.75) is 39.0 Å². The summed E-state index contributed by atoms with van der Waals surface area (Å²) in [5, 5.41) is 6.25. The smallest absolute Gasteiger partial charge is 0.422 e. The van der Waals surface area contributed by atoms with E-state index in [1.165, 1.54) is 12.3 Å². The Morgan fingerprint density at radius 2 is 2.00 bits per heavy atom. The van der Waals surface area contributed by atoms with Crippen LogP contribution in [0.15, 0.2) is 23.3 Å².